The van der Waals surface area contributed by atoms with Crippen LogP contribution in [0.15, 0.2) is 76.3 Å². The first-order valence-corrected chi connectivity index (χ1v) is 5.63. The molecule has 0 unspecified atom stereocenters. The molecule has 0 bridgehead atoms. The van der Waals surface area contributed by atoms with Crippen molar-refractivity contribution < 1.29 is 8.83 Å². The van der Waals surface area contributed by atoms with E-state index in [0.29, 0.717) is 0 Å². The summed E-state index contributed by atoms with van der Waals surface area (Å²) in [6.07, 6.45) is 4.94. The third-order valence-corrected chi connectivity index (χ3v) is 2.62. The van der Waals surface area contributed by atoms with Gasteiger partial charge < -0.3 is 8.83 Å². The minimum atomic E-state index is 0.845. The number of benzene rings is 2. The van der Waals surface area contributed by atoms with Crippen LogP contribution in [0.25, 0.3) is 21.9 Å². The second kappa shape index (κ2) is 4.75. The summed E-state index contributed by atoms with van der Waals surface area (Å²) < 4.78 is 9.97. The third kappa shape index (κ3) is 2.11. The van der Waals surface area contributed by atoms with Crippen molar-refractivity contribution in [3.05, 3.63) is 67.5 Å². The molecular formula is C15H11NO2. The molecule has 18 heavy (non-hydrogen) atoms. The van der Waals surface area contributed by atoms with E-state index in [0.717, 1.165) is 21.9 Å². The Labute approximate surface area is 104 Å². The summed E-state index contributed by atoms with van der Waals surface area (Å²) in [5.41, 5.74) is 1.76. The third-order valence-electron chi connectivity index (χ3n) is 2.62. The first kappa shape index (κ1) is 10.6. The van der Waals surface area contributed by atoms with Gasteiger partial charge in [-0.05, 0) is 12.1 Å². The minimum Gasteiger partial charge on any atom is -0.471 e. The Morgan fingerprint density at radius 1 is 0.778 bits per heavy atom. The van der Waals surface area contributed by atoms with Crippen molar-refractivity contribution >= 4 is 21.9 Å². The lowest BCUT2D eigenvalue weighted by Crippen LogP contribution is -1.61. The molecule has 88 valence electrons. The van der Waals surface area contributed by atoms with Crippen molar-refractivity contribution in [3.63, 3.8) is 0 Å². The first-order valence-electron chi connectivity index (χ1n) is 5.63. The van der Waals surface area contributed by atoms with E-state index in [2.05, 4.69) is 4.98 Å². The Balaban J connectivity index is 0.000000111. The summed E-state index contributed by atoms with van der Waals surface area (Å²) in [6.45, 7) is 0. The molecule has 0 aliphatic rings. The van der Waals surface area contributed by atoms with Gasteiger partial charge in [-0.15, -0.1) is 0 Å². The first-order chi connectivity index (χ1) is 8.93. The smallest absolute Gasteiger partial charge is 0.181 e. The predicted molar refractivity (Wildman–Crippen MR) is 70.2 cm³/mol. The summed E-state index contributed by atoms with van der Waals surface area (Å²) in [5, 5.41) is 2.33. The quantitative estimate of drug-likeness (QED) is 0.458. The van der Waals surface area contributed by atoms with Gasteiger partial charge in [-0.2, -0.15) is 0 Å². The second-order valence-electron chi connectivity index (χ2n) is 3.82. The van der Waals surface area contributed by atoms with E-state index in [-0.39, 0.29) is 0 Å². The van der Waals surface area contributed by atoms with Crippen LogP contribution in [0.1, 0.15) is 0 Å². The largest absolute Gasteiger partial charge is 0.471 e. The van der Waals surface area contributed by atoms with Crippen LogP contribution in [0.5, 0.6) is 0 Å². The molecule has 0 N–H and O–H groups in total. The maximum atomic E-state index is 5.01. The summed E-state index contributed by atoms with van der Waals surface area (Å²) in [7, 11) is 0. The molecular weight excluding hydrogens is 226 g/mol. The number of hydrogen-bond acceptors (Lipinski definition) is 3. The highest BCUT2D eigenvalue weighted by atomic mass is 16.3. The fourth-order valence-corrected chi connectivity index (χ4v) is 1.71. The molecule has 2 aromatic carbocycles. The van der Waals surface area contributed by atoms with Gasteiger partial charge in [0, 0.05) is 10.8 Å². The Kier molecular flexibility index (Phi) is 2.80. The molecule has 4 rings (SSSR count). The van der Waals surface area contributed by atoms with Gasteiger partial charge in [0.25, 0.3) is 0 Å². The average Bonchev–Trinajstić information content (AvgIpc) is 3.08. The molecule has 0 aliphatic heterocycles. The lowest BCUT2D eigenvalue weighted by molar-refractivity contribution is 0.572. The van der Waals surface area contributed by atoms with Gasteiger partial charge in [0.05, 0.1) is 12.5 Å². The topological polar surface area (TPSA) is 39.2 Å². The normalized spacial score (nSPS) is 10.2. The Morgan fingerprint density at radius 2 is 1.44 bits per heavy atom. The minimum absolute atomic E-state index is 0.845. The van der Waals surface area contributed by atoms with Crippen molar-refractivity contribution in [3.8, 4) is 0 Å². The molecule has 0 radical (unpaired) electrons. The molecule has 3 heteroatoms. The van der Waals surface area contributed by atoms with Crippen LogP contribution in [0, 0.1) is 0 Å². The maximum absolute atomic E-state index is 5.01. The number of oxazole rings is 1. The number of rotatable bonds is 0. The predicted octanol–water partition coefficient (Wildman–Crippen LogP) is 4.26. The molecule has 2 heterocycles. The molecule has 0 aliphatic carbocycles. The zero-order chi connectivity index (χ0) is 12.2. The van der Waals surface area contributed by atoms with Gasteiger partial charge in [-0.1, -0.05) is 36.4 Å². The zero-order valence-corrected chi connectivity index (χ0v) is 9.61. The Bertz CT molecular complexity index is 628. The van der Waals surface area contributed by atoms with Crippen LogP contribution in [0.2, 0.25) is 0 Å². The summed E-state index contributed by atoms with van der Waals surface area (Å²) in [4.78, 5) is 3.95. The molecule has 0 saturated heterocycles. The van der Waals surface area contributed by atoms with E-state index in [1.807, 2.05) is 48.5 Å². The van der Waals surface area contributed by atoms with Crippen molar-refractivity contribution in [1.82, 2.24) is 4.98 Å². The number of nitrogens with zero attached hydrogens (tertiary/aromatic N) is 1. The van der Waals surface area contributed by atoms with Crippen molar-refractivity contribution in [2.75, 3.05) is 0 Å². The monoisotopic (exact) mass is 237 g/mol. The fraction of sp³-hybridized carbons (Fsp3) is 0. The van der Waals surface area contributed by atoms with Crippen molar-refractivity contribution in [2.45, 2.75) is 0 Å². The van der Waals surface area contributed by atoms with Gasteiger partial charge in [0.2, 0.25) is 0 Å². The summed E-state index contributed by atoms with van der Waals surface area (Å²) in [5.74, 6) is 0. The van der Waals surface area contributed by atoms with Crippen molar-refractivity contribution in [1.29, 1.82) is 0 Å². The maximum Gasteiger partial charge on any atom is 0.181 e. The Morgan fingerprint density at radius 3 is 2.17 bits per heavy atom. The van der Waals surface area contributed by atoms with Gasteiger partial charge in [-0.25, -0.2) is 4.98 Å². The van der Waals surface area contributed by atoms with Crippen LogP contribution in [-0.2, 0) is 0 Å². The summed E-state index contributed by atoms with van der Waals surface area (Å²) >= 11 is 0. The highest BCUT2D eigenvalue weighted by Gasteiger charge is 1.91. The average molecular weight is 237 g/mol. The van der Waals surface area contributed by atoms with E-state index in [9.17, 15) is 0 Å². The molecule has 0 spiro atoms. The van der Waals surface area contributed by atoms with E-state index in [1.54, 1.807) is 12.5 Å². The Hall–Kier alpha value is -2.55. The number of aromatic nitrogens is 1. The highest BCUT2D eigenvalue weighted by Crippen LogP contribution is 2.12. The SMILES string of the molecule is c1ccc2cocc2c1.c1ccc2ocnc2c1. The number of fused-ring (bicyclic) bond motifs is 2. The van der Waals surface area contributed by atoms with E-state index >= 15 is 0 Å². The molecule has 0 fully saturated rings. The number of furan rings is 1. The molecule has 3 nitrogen and oxygen atoms in total. The summed E-state index contributed by atoms with van der Waals surface area (Å²) in [6, 6.07) is 15.7. The van der Waals surface area contributed by atoms with E-state index < -0.39 is 0 Å². The molecule has 0 atom stereocenters. The fourth-order valence-electron chi connectivity index (χ4n) is 1.71. The molecule has 2 aromatic heterocycles. The van der Waals surface area contributed by atoms with Gasteiger partial charge >= 0.3 is 0 Å². The second-order valence-corrected chi connectivity index (χ2v) is 3.82. The van der Waals surface area contributed by atoms with Crippen LogP contribution in [-0.4, -0.2) is 4.98 Å². The highest BCUT2D eigenvalue weighted by molar-refractivity contribution is 5.80. The number of hydrogen-bond donors (Lipinski definition) is 0. The van der Waals surface area contributed by atoms with Gasteiger partial charge in [0.1, 0.15) is 5.52 Å². The molecule has 4 aromatic rings. The lowest BCUT2D eigenvalue weighted by atomic mass is 10.2. The van der Waals surface area contributed by atoms with Gasteiger partial charge in [0.15, 0.2) is 12.0 Å². The standard InChI is InChI=1S/C8H6O.C7H5NO/c1-2-4-8-6-9-5-7(8)3-1;1-2-4-7-6(3-1)8-5-9-7/h1-6H;1-5H. The lowest BCUT2D eigenvalue weighted by Gasteiger charge is -1.80. The van der Waals surface area contributed by atoms with Crippen molar-refractivity contribution in [2.24, 2.45) is 0 Å². The molecule has 0 amide bonds. The number of para-hydroxylation sites is 2. The molecule has 0 saturated carbocycles. The van der Waals surface area contributed by atoms with Crippen LogP contribution in [0.4, 0.5) is 0 Å². The van der Waals surface area contributed by atoms with Gasteiger partial charge in [-0.3, -0.25) is 0 Å². The van der Waals surface area contributed by atoms with Crippen LogP contribution < -0.4 is 0 Å². The van der Waals surface area contributed by atoms with E-state index in [1.165, 1.54) is 6.39 Å². The zero-order valence-electron chi connectivity index (χ0n) is 9.61. The van der Waals surface area contributed by atoms with Crippen LogP contribution in [0.3, 0.4) is 0 Å². The van der Waals surface area contributed by atoms with E-state index in [4.69, 9.17) is 8.83 Å². The van der Waals surface area contributed by atoms with Crippen LogP contribution >= 0.6 is 0 Å².